The Balaban J connectivity index is 1.78. The highest BCUT2D eigenvalue weighted by molar-refractivity contribution is 6.35. The van der Waals surface area contributed by atoms with E-state index >= 15 is 0 Å². The molecule has 0 spiro atoms. The number of benzene rings is 2. The average Bonchev–Trinajstić information content (AvgIpc) is 3.17. The molecule has 2 aromatic carbocycles. The van der Waals surface area contributed by atoms with E-state index in [-0.39, 0.29) is 12.3 Å². The largest absolute Gasteiger partial charge is 0.479 e. The Kier molecular flexibility index (Phi) is 7.13. The van der Waals surface area contributed by atoms with E-state index in [1.54, 1.807) is 42.5 Å². The summed E-state index contributed by atoms with van der Waals surface area (Å²) in [6.07, 6.45) is -1.75. The summed E-state index contributed by atoms with van der Waals surface area (Å²) in [4.78, 5) is 34.4. The van der Waals surface area contributed by atoms with Crippen LogP contribution >= 0.6 is 23.2 Å². The molecular formula is C20H17Cl2N3O6. The molecule has 0 radical (unpaired) electrons. The van der Waals surface area contributed by atoms with E-state index in [4.69, 9.17) is 32.8 Å². The van der Waals surface area contributed by atoms with Gasteiger partial charge in [-0.15, -0.1) is 0 Å². The quantitative estimate of drug-likeness (QED) is 0.375. The molecule has 0 saturated carbocycles. The number of carbonyl (C=O) groups excluding carboxylic acids is 1. The van der Waals surface area contributed by atoms with Crippen LogP contribution in [0, 0.1) is 0 Å². The Morgan fingerprint density at radius 1 is 1.13 bits per heavy atom. The normalized spacial score (nSPS) is 12.0. The van der Waals surface area contributed by atoms with Gasteiger partial charge >= 0.3 is 11.9 Å². The number of aliphatic carboxylic acids is 1. The second kappa shape index (κ2) is 9.80. The number of carbonyl (C=O) groups is 2. The second-order valence-electron chi connectivity index (χ2n) is 6.57. The summed E-state index contributed by atoms with van der Waals surface area (Å²) in [5, 5.41) is 23.0. The smallest absolute Gasteiger partial charge is 0.333 e. The van der Waals surface area contributed by atoms with E-state index in [2.05, 4.69) is 5.43 Å². The molecule has 1 heterocycles. The molecule has 9 nitrogen and oxygen atoms in total. The van der Waals surface area contributed by atoms with Crippen LogP contribution < -0.4 is 11.0 Å². The molecule has 4 N–H and O–H groups in total. The maximum absolute atomic E-state index is 12.3. The lowest BCUT2D eigenvalue weighted by Gasteiger charge is -2.24. The lowest BCUT2D eigenvalue weighted by Crippen LogP contribution is -2.47. The first-order valence-corrected chi connectivity index (χ1v) is 9.68. The van der Waals surface area contributed by atoms with Crippen molar-refractivity contribution in [2.24, 2.45) is 0 Å². The number of hydrogen-bond donors (Lipinski definition) is 4. The fourth-order valence-corrected chi connectivity index (χ4v) is 3.16. The highest BCUT2D eigenvalue weighted by Gasteiger charge is 2.22. The number of rotatable bonds is 8. The predicted octanol–water partition coefficient (Wildman–Crippen LogP) is 2.53. The van der Waals surface area contributed by atoms with Crippen molar-refractivity contribution in [3.8, 4) is 11.1 Å². The zero-order valence-corrected chi connectivity index (χ0v) is 17.4. The molecule has 1 aromatic heterocycles. The lowest BCUT2D eigenvalue weighted by atomic mass is 10.0. The summed E-state index contributed by atoms with van der Waals surface area (Å²) in [6, 6.07) is 13.2. The Hall–Kier alpha value is -3.11. The number of aliphatic hydroxyl groups is 1. The van der Waals surface area contributed by atoms with Gasteiger partial charge < -0.3 is 14.7 Å². The Bertz CT molecular complexity index is 1140. The van der Waals surface area contributed by atoms with Gasteiger partial charge in [0.15, 0.2) is 6.10 Å². The number of carboxylic acids is 1. The molecule has 0 bridgehead atoms. The molecule has 1 amide bonds. The summed E-state index contributed by atoms with van der Waals surface area (Å²) in [5.41, 5.74) is 4.08. The van der Waals surface area contributed by atoms with Crippen molar-refractivity contribution in [3.63, 3.8) is 0 Å². The lowest BCUT2D eigenvalue weighted by molar-refractivity contribution is -0.148. The molecule has 3 aromatic rings. The third-order valence-corrected chi connectivity index (χ3v) is 4.82. The Morgan fingerprint density at radius 2 is 1.84 bits per heavy atom. The summed E-state index contributed by atoms with van der Waals surface area (Å²) < 4.78 is 4.74. The maximum atomic E-state index is 12.3. The molecule has 0 unspecified atom stereocenters. The minimum atomic E-state index is -1.75. The highest BCUT2D eigenvalue weighted by atomic mass is 35.5. The van der Waals surface area contributed by atoms with E-state index in [1.165, 1.54) is 5.01 Å². The van der Waals surface area contributed by atoms with Crippen molar-refractivity contribution < 1.29 is 24.3 Å². The number of hydrazine groups is 1. The van der Waals surface area contributed by atoms with Crippen molar-refractivity contribution in [2.75, 3.05) is 6.54 Å². The summed E-state index contributed by atoms with van der Waals surface area (Å²) in [7, 11) is 0. The van der Waals surface area contributed by atoms with Gasteiger partial charge in [0.25, 0.3) is 5.56 Å². The molecule has 0 aliphatic heterocycles. The number of aromatic amines is 1. The van der Waals surface area contributed by atoms with Crippen LogP contribution in [0.15, 0.2) is 57.8 Å². The van der Waals surface area contributed by atoms with Gasteiger partial charge in [0.1, 0.15) is 0 Å². The molecule has 0 aliphatic carbocycles. The monoisotopic (exact) mass is 465 g/mol. The van der Waals surface area contributed by atoms with Crippen LogP contribution in [-0.4, -0.2) is 44.9 Å². The first kappa shape index (κ1) is 22.6. The second-order valence-corrected chi connectivity index (χ2v) is 7.42. The van der Waals surface area contributed by atoms with Gasteiger partial charge in [-0.25, -0.2) is 9.80 Å². The van der Waals surface area contributed by atoms with Crippen LogP contribution in [0.4, 0.5) is 0 Å². The third kappa shape index (κ3) is 5.96. The number of halogens is 2. The van der Waals surface area contributed by atoms with Crippen molar-refractivity contribution >= 4 is 35.1 Å². The Labute approximate surface area is 185 Å². The van der Waals surface area contributed by atoms with Crippen LogP contribution in [0.2, 0.25) is 10.0 Å². The zero-order valence-electron chi connectivity index (χ0n) is 15.8. The summed E-state index contributed by atoms with van der Waals surface area (Å²) >= 11 is 12.3. The van der Waals surface area contributed by atoms with Gasteiger partial charge in [0.05, 0.1) is 12.6 Å². The van der Waals surface area contributed by atoms with Crippen molar-refractivity contribution in [2.45, 2.75) is 12.6 Å². The van der Waals surface area contributed by atoms with E-state index in [0.29, 0.717) is 15.6 Å². The first-order valence-electron chi connectivity index (χ1n) is 8.92. The van der Waals surface area contributed by atoms with Gasteiger partial charge in [-0.3, -0.25) is 15.0 Å². The molecule has 0 fully saturated rings. The molecule has 3 rings (SSSR count). The Morgan fingerprint density at radius 3 is 2.45 bits per heavy atom. The van der Waals surface area contributed by atoms with Crippen LogP contribution in [0.1, 0.15) is 16.1 Å². The third-order valence-electron chi connectivity index (χ3n) is 4.25. The number of aliphatic hydroxyl groups excluding tert-OH is 1. The number of nitrogens with one attached hydrogen (secondary N) is 2. The number of H-pyrrole nitrogens is 1. The fourth-order valence-electron chi connectivity index (χ4n) is 2.76. The van der Waals surface area contributed by atoms with Crippen LogP contribution in [-0.2, 0) is 11.3 Å². The molecule has 1 atom stereocenters. The minimum absolute atomic E-state index is 0.0638. The van der Waals surface area contributed by atoms with Crippen LogP contribution in [0.3, 0.4) is 0 Å². The van der Waals surface area contributed by atoms with Gasteiger partial charge in [0.2, 0.25) is 5.76 Å². The van der Waals surface area contributed by atoms with Gasteiger partial charge in [-0.05, 0) is 29.3 Å². The number of nitrogens with zero attached hydrogens (tertiary/aromatic N) is 1. The predicted molar refractivity (Wildman–Crippen MR) is 113 cm³/mol. The molecule has 11 heteroatoms. The van der Waals surface area contributed by atoms with Crippen molar-refractivity contribution in [1.82, 2.24) is 15.6 Å². The van der Waals surface area contributed by atoms with Crippen LogP contribution in [0.5, 0.6) is 0 Å². The van der Waals surface area contributed by atoms with Crippen molar-refractivity contribution in [3.05, 3.63) is 80.3 Å². The van der Waals surface area contributed by atoms with Gasteiger partial charge in [0, 0.05) is 22.2 Å². The fraction of sp³-hybridized carbons (Fsp3) is 0.150. The first-order chi connectivity index (χ1) is 14.7. The number of hydrogen-bond acceptors (Lipinski definition) is 6. The molecular weight excluding hydrogens is 449 g/mol. The van der Waals surface area contributed by atoms with E-state index < -0.39 is 30.1 Å². The molecule has 162 valence electrons. The van der Waals surface area contributed by atoms with E-state index in [0.717, 1.165) is 17.2 Å². The number of carboxylic acid groups (broad SMARTS) is 1. The molecule has 31 heavy (non-hydrogen) atoms. The average molecular weight is 466 g/mol. The highest BCUT2D eigenvalue weighted by Crippen LogP contribution is 2.30. The topological polar surface area (TPSA) is 136 Å². The summed E-state index contributed by atoms with van der Waals surface area (Å²) in [6.45, 7) is -0.341. The molecule has 0 aliphatic rings. The van der Waals surface area contributed by atoms with Crippen molar-refractivity contribution in [1.29, 1.82) is 0 Å². The number of amides is 1. The van der Waals surface area contributed by atoms with E-state index in [9.17, 15) is 19.5 Å². The number of aromatic nitrogens is 1. The van der Waals surface area contributed by atoms with Gasteiger partial charge in [-0.2, -0.15) is 5.16 Å². The zero-order chi connectivity index (χ0) is 22.5. The van der Waals surface area contributed by atoms with E-state index in [1.807, 2.05) is 5.16 Å². The minimum Gasteiger partial charge on any atom is -0.479 e. The standard InChI is InChI=1S/C20H17Cl2N3O6/c21-13-5-6-15(22)14(7-13)12-3-1-11(2-4-12)9-25(10-16(26)20(29)30)23-19(28)17-8-18(27)24-31-17/h1-8,16,26H,9-10H2,(H,23,28)(H,24,27)(H,29,30)/t16-/m0/s1. The maximum Gasteiger partial charge on any atom is 0.333 e. The summed E-state index contributed by atoms with van der Waals surface area (Å²) in [5.74, 6) is -2.51. The van der Waals surface area contributed by atoms with Crippen LogP contribution in [0.25, 0.3) is 11.1 Å². The van der Waals surface area contributed by atoms with Gasteiger partial charge in [-0.1, -0.05) is 47.5 Å². The SMILES string of the molecule is O=C(NN(Cc1ccc(-c2cc(Cl)ccc2Cl)cc1)C[C@H](O)C(=O)O)c1cc(=O)[nH]o1. The molecule has 0 saturated heterocycles.